The number of fused-ring (bicyclic) bond motifs is 5. The molecule has 3 heterocycles. The molecule has 4 nitrogen and oxygen atoms in total. The van der Waals surface area contributed by atoms with E-state index in [1.165, 1.54) is 16.7 Å². The first-order valence-electron chi connectivity index (χ1n) is 8.89. The number of aromatic nitrogens is 2. The van der Waals surface area contributed by atoms with Crippen molar-refractivity contribution in [3.63, 3.8) is 0 Å². The van der Waals surface area contributed by atoms with Crippen molar-refractivity contribution in [2.45, 2.75) is 32.2 Å². The summed E-state index contributed by atoms with van der Waals surface area (Å²) in [6.07, 6.45) is 6.11. The van der Waals surface area contributed by atoms with Gasteiger partial charge in [0.15, 0.2) is 0 Å². The van der Waals surface area contributed by atoms with E-state index in [0.717, 1.165) is 55.0 Å². The normalized spacial score (nSPS) is 14.8. The summed E-state index contributed by atoms with van der Waals surface area (Å²) in [6, 6.07) is 14.2. The van der Waals surface area contributed by atoms with E-state index in [1.54, 1.807) is 4.57 Å². The number of carbonyl (C=O) groups is 1. The average molecular weight is 329 g/mol. The summed E-state index contributed by atoms with van der Waals surface area (Å²) < 4.78 is 1.73. The van der Waals surface area contributed by atoms with Gasteiger partial charge in [-0.15, -0.1) is 0 Å². The molecule has 2 aromatic heterocycles. The fraction of sp³-hybridized carbons (Fsp3) is 0.238. The van der Waals surface area contributed by atoms with Crippen LogP contribution >= 0.6 is 0 Å². The number of nitrogens with one attached hydrogen (secondary N) is 1. The van der Waals surface area contributed by atoms with Crippen LogP contribution in [0.5, 0.6) is 0 Å². The SMILES string of the molecule is O=C1c2c(nc(NCc3ccccc3)c3c2CCCC3)-c2cccn21. The van der Waals surface area contributed by atoms with Crippen molar-refractivity contribution in [3.05, 3.63) is 70.9 Å². The molecule has 4 heteroatoms. The van der Waals surface area contributed by atoms with Crippen LogP contribution in [0.25, 0.3) is 11.4 Å². The Morgan fingerprint density at radius 1 is 1.00 bits per heavy atom. The molecule has 0 unspecified atom stereocenters. The summed E-state index contributed by atoms with van der Waals surface area (Å²) in [5.41, 5.74) is 6.26. The first kappa shape index (κ1) is 14.5. The Morgan fingerprint density at radius 3 is 2.64 bits per heavy atom. The molecule has 1 aliphatic heterocycles. The fourth-order valence-electron chi connectivity index (χ4n) is 4.04. The molecule has 0 atom stereocenters. The lowest BCUT2D eigenvalue weighted by Gasteiger charge is -2.22. The van der Waals surface area contributed by atoms with Gasteiger partial charge in [0, 0.05) is 12.7 Å². The van der Waals surface area contributed by atoms with Crippen LogP contribution in [0.3, 0.4) is 0 Å². The number of pyridine rings is 1. The average Bonchev–Trinajstić information content (AvgIpc) is 3.24. The molecule has 5 rings (SSSR count). The number of nitrogens with zero attached hydrogens (tertiary/aromatic N) is 2. The largest absolute Gasteiger partial charge is 0.366 e. The fourth-order valence-corrected chi connectivity index (χ4v) is 4.04. The molecule has 1 aromatic carbocycles. The van der Waals surface area contributed by atoms with Gasteiger partial charge in [0.1, 0.15) is 11.5 Å². The standard InChI is InChI=1S/C21H19N3O/c25-21-18-15-9-4-5-10-16(15)20(22-13-14-7-2-1-3-8-14)23-19(18)17-11-6-12-24(17)21/h1-3,6-8,11-12H,4-5,9-10,13H2,(H,22,23). The van der Waals surface area contributed by atoms with E-state index >= 15 is 0 Å². The molecule has 0 radical (unpaired) electrons. The zero-order valence-electron chi connectivity index (χ0n) is 14.0. The Kier molecular flexibility index (Phi) is 3.23. The first-order chi connectivity index (χ1) is 12.3. The highest BCUT2D eigenvalue weighted by Gasteiger charge is 2.33. The summed E-state index contributed by atoms with van der Waals surface area (Å²) in [6.45, 7) is 0.744. The monoisotopic (exact) mass is 329 g/mol. The lowest BCUT2D eigenvalue weighted by molar-refractivity contribution is 0.0968. The van der Waals surface area contributed by atoms with Crippen molar-refractivity contribution in [2.75, 3.05) is 5.32 Å². The van der Waals surface area contributed by atoms with Crippen molar-refractivity contribution < 1.29 is 4.79 Å². The molecule has 0 amide bonds. The number of carbonyl (C=O) groups excluding carboxylic acids is 1. The second kappa shape index (κ2) is 5.59. The lowest BCUT2D eigenvalue weighted by Crippen LogP contribution is -2.16. The minimum Gasteiger partial charge on any atom is -0.366 e. The van der Waals surface area contributed by atoms with E-state index in [9.17, 15) is 4.79 Å². The highest BCUT2D eigenvalue weighted by Crippen LogP contribution is 2.39. The molecule has 0 fully saturated rings. The van der Waals surface area contributed by atoms with Gasteiger partial charge in [-0.2, -0.15) is 0 Å². The third kappa shape index (κ3) is 2.21. The zero-order valence-corrected chi connectivity index (χ0v) is 14.0. The molecule has 2 aliphatic rings. The van der Waals surface area contributed by atoms with E-state index in [-0.39, 0.29) is 5.91 Å². The van der Waals surface area contributed by atoms with Crippen LogP contribution in [-0.2, 0) is 19.4 Å². The number of anilines is 1. The summed E-state index contributed by atoms with van der Waals surface area (Å²) in [4.78, 5) is 17.7. The number of hydrogen-bond donors (Lipinski definition) is 1. The Bertz CT molecular complexity index is 972. The molecule has 0 saturated heterocycles. The van der Waals surface area contributed by atoms with Gasteiger partial charge < -0.3 is 5.32 Å². The van der Waals surface area contributed by atoms with E-state index in [1.807, 2.05) is 36.5 Å². The molecule has 124 valence electrons. The third-order valence-electron chi connectivity index (χ3n) is 5.24. The summed E-state index contributed by atoms with van der Waals surface area (Å²) in [5.74, 6) is 1.02. The molecule has 25 heavy (non-hydrogen) atoms. The number of rotatable bonds is 3. The molecular weight excluding hydrogens is 310 g/mol. The molecule has 0 spiro atoms. The predicted octanol–water partition coefficient (Wildman–Crippen LogP) is 4.04. The number of benzene rings is 1. The number of hydrogen-bond acceptors (Lipinski definition) is 3. The molecule has 0 bridgehead atoms. The summed E-state index contributed by atoms with van der Waals surface area (Å²) in [5, 5.41) is 3.52. The molecule has 1 N–H and O–H groups in total. The van der Waals surface area contributed by atoms with Crippen LogP contribution in [0.2, 0.25) is 0 Å². The minimum atomic E-state index is 0.0789. The maximum Gasteiger partial charge on any atom is 0.264 e. The van der Waals surface area contributed by atoms with Gasteiger partial charge in [-0.05, 0) is 54.5 Å². The second-order valence-electron chi connectivity index (χ2n) is 6.76. The Balaban J connectivity index is 1.60. The van der Waals surface area contributed by atoms with Crippen molar-refractivity contribution in [2.24, 2.45) is 0 Å². The smallest absolute Gasteiger partial charge is 0.264 e. The van der Waals surface area contributed by atoms with Crippen LogP contribution in [0.1, 0.15) is 39.9 Å². The van der Waals surface area contributed by atoms with E-state index in [2.05, 4.69) is 17.4 Å². The van der Waals surface area contributed by atoms with Crippen LogP contribution in [0.15, 0.2) is 48.7 Å². The topological polar surface area (TPSA) is 46.9 Å². The Hall–Kier alpha value is -2.88. The van der Waals surface area contributed by atoms with Gasteiger partial charge in [-0.25, -0.2) is 4.98 Å². The molecular formula is C21H19N3O. The second-order valence-corrected chi connectivity index (χ2v) is 6.76. The van der Waals surface area contributed by atoms with E-state index in [0.29, 0.717) is 0 Å². The predicted molar refractivity (Wildman–Crippen MR) is 97.8 cm³/mol. The summed E-state index contributed by atoms with van der Waals surface area (Å²) in [7, 11) is 0. The Labute approximate surface area is 146 Å². The van der Waals surface area contributed by atoms with Gasteiger partial charge in [0.05, 0.1) is 11.3 Å². The highest BCUT2D eigenvalue weighted by molar-refractivity contribution is 6.09. The molecule has 1 aliphatic carbocycles. The zero-order chi connectivity index (χ0) is 16.8. The van der Waals surface area contributed by atoms with Crippen molar-refractivity contribution in [1.29, 1.82) is 0 Å². The maximum absolute atomic E-state index is 12.8. The van der Waals surface area contributed by atoms with E-state index in [4.69, 9.17) is 4.98 Å². The summed E-state index contributed by atoms with van der Waals surface area (Å²) >= 11 is 0. The van der Waals surface area contributed by atoms with Crippen molar-refractivity contribution in [1.82, 2.24) is 9.55 Å². The Morgan fingerprint density at radius 2 is 1.80 bits per heavy atom. The molecule has 3 aromatic rings. The quantitative estimate of drug-likeness (QED) is 0.617. The van der Waals surface area contributed by atoms with Gasteiger partial charge in [-0.1, -0.05) is 30.3 Å². The molecule has 0 saturated carbocycles. The van der Waals surface area contributed by atoms with Crippen molar-refractivity contribution >= 4 is 11.7 Å². The van der Waals surface area contributed by atoms with Crippen LogP contribution in [0, 0.1) is 0 Å². The minimum absolute atomic E-state index is 0.0789. The maximum atomic E-state index is 12.8. The first-order valence-corrected chi connectivity index (χ1v) is 8.89. The van der Waals surface area contributed by atoms with Crippen LogP contribution in [-0.4, -0.2) is 15.5 Å². The van der Waals surface area contributed by atoms with Crippen LogP contribution in [0.4, 0.5) is 5.82 Å². The van der Waals surface area contributed by atoms with Gasteiger partial charge >= 0.3 is 0 Å². The van der Waals surface area contributed by atoms with Crippen LogP contribution < -0.4 is 5.32 Å². The van der Waals surface area contributed by atoms with E-state index < -0.39 is 0 Å². The lowest BCUT2D eigenvalue weighted by atomic mass is 9.88. The van der Waals surface area contributed by atoms with Crippen molar-refractivity contribution in [3.8, 4) is 11.4 Å². The highest BCUT2D eigenvalue weighted by atomic mass is 16.2. The van der Waals surface area contributed by atoms with Gasteiger partial charge in [-0.3, -0.25) is 9.36 Å². The van der Waals surface area contributed by atoms with Gasteiger partial charge in [0.25, 0.3) is 5.91 Å². The third-order valence-corrected chi connectivity index (χ3v) is 5.24. The van der Waals surface area contributed by atoms with Gasteiger partial charge in [0.2, 0.25) is 0 Å².